The van der Waals surface area contributed by atoms with Crippen LogP contribution in [0.25, 0.3) is 11.1 Å². The van der Waals surface area contributed by atoms with Crippen LogP contribution in [0.1, 0.15) is 18.2 Å². The monoisotopic (exact) mass is 233 g/mol. The highest BCUT2D eigenvalue weighted by Gasteiger charge is 2.13. The molecule has 0 saturated carbocycles. The van der Waals surface area contributed by atoms with Crippen LogP contribution in [0.15, 0.2) is 16.5 Å². The molecule has 1 heterocycles. The van der Waals surface area contributed by atoms with Crippen LogP contribution >= 0.6 is 23.2 Å². The first-order chi connectivity index (χ1) is 6.58. The molecule has 0 saturated heterocycles. The zero-order valence-electron chi connectivity index (χ0n) is 7.22. The Morgan fingerprint density at radius 1 is 1.50 bits per heavy atom. The molecule has 0 aliphatic carbocycles. The van der Waals surface area contributed by atoms with Gasteiger partial charge in [0.2, 0.25) is 5.89 Å². The first kappa shape index (κ1) is 9.74. The quantitative estimate of drug-likeness (QED) is 0.699. The molecule has 0 bridgehead atoms. The molecular formula is C9H6Cl2FNO. The van der Waals surface area contributed by atoms with Crippen molar-refractivity contribution in [2.45, 2.75) is 12.3 Å². The Bertz CT molecular complexity index is 481. The van der Waals surface area contributed by atoms with E-state index in [0.717, 1.165) is 0 Å². The molecule has 0 fully saturated rings. The van der Waals surface area contributed by atoms with Gasteiger partial charge in [0.05, 0.1) is 5.02 Å². The summed E-state index contributed by atoms with van der Waals surface area (Å²) in [5.74, 6) is -0.0984. The first-order valence-corrected chi connectivity index (χ1v) is 4.79. The van der Waals surface area contributed by atoms with Gasteiger partial charge < -0.3 is 4.42 Å². The Kier molecular flexibility index (Phi) is 2.37. The Morgan fingerprint density at radius 2 is 2.21 bits per heavy atom. The van der Waals surface area contributed by atoms with Crippen molar-refractivity contribution in [2.24, 2.45) is 0 Å². The van der Waals surface area contributed by atoms with Gasteiger partial charge in [0.15, 0.2) is 5.58 Å². The van der Waals surface area contributed by atoms with E-state index in [2.05, 4.69) is 4.98 Å². The van der Waals surface area contributed by atoms with Gasteiger partial charge in [-0.15, -0.1) is 11.6 Å². The second kappa shape index (κ2) is 3.41. The van der Waals surface area contributed by atoms with Gasteiger partial charge in [0, 0.05) is 6.07 Å². The van der Waals surface area contributed by atoms with Crippen LogP contribution in [-0.4, -0.2) is 4.98 Å². The topological polar surface area (TPSA) is 26.0 Å². The molecule has 2 aromatic rings. The summed E-state index contributed by atoms with van der Waals surface area (Å²) in [6.07, 6.45) is 0. The molecule has 1 aromatic heterocycles. The van der Waals surface area contributed by atoms with E-state index in [1.54, 1.807) is 6.92 Å². The van der Waals surface area contributed by atoms with Gasteiger partial charge >= 0.3 is 0 Å². The molecule has 0 radical (unpaired) electrons. The van der Waals surface area contributed by atoms with Crippen LogP contribution in [0.3, 0.4) is 0 Å². The zero-order chi connectivity index (χ0) is 10.3. The Hall–Kier alpha value is -0.800. The van der Waals surface area contributed by atoms with Crippen molar-refractivity contribution in [1.29, 1.82) is 0 Å². The molecular weight excluding hydrogens is 228 g/mol. The number of halogens is 3. The van der Waals surface area contributed by atoms with Crippen molar-refractivity contribution >= 4 is 34.3 Å². The van der Waals surface area contributed by atoms with Crippen LogP contribution in [0.5, 0.6) is 0 Å². The van der Waals surface area contributed by atoms with Gasteiger partial charge in [-0.3, -0.25) is 0 Å². The summed E-state index contributed by atoms with van der Waals surface area (Å²) in [5.41, 5.74) is 0.757. The number of rotatable bonds is 1. The molecule has 5 heteroatoms. The average Bonchev–Trinajstić information content (AvgIpc) is 2.47. The number of alkyl halides is 1. The van der Waals surface area contributed by atoms with E-state index in [4.69, 9.17) is 27.6 Å². The smallest absolute Gasteiger partial charge is 0.213 e. The molecule has 2 nitrogen and oxygen atoms in total. The van der Waals surface area contributed by atoms with Crippen LogP contribution in [0.2, 0.25) is 5.02 Å². The van der Waals surface area contributed by atoms with Gasteiger partial charge in [-0.1, -0.05) is 11.6 Å². The molecule has 0 amide bonds. The Labute approximate surface area is 89.6 Å². The first-order valence-electron chi connectivity index (χ1n) is 3.97. The predicted octanol–water partition coefficient (Wildman–Crippen LogP) is 3.92. The lowest BCUT2D eigenvalue weighted by atomic mass is 10.3. The number of hydrogen-bond acceptors (Lipinski definition) is 2. The maximum atomic E-state index is 12.9. The van der Waals surface area contributed by atoms with Crippen molar-refractivity contribution in [3.8, 4) is 0 Å². The SMILES string of the molecule is CC(Cl)c1nc2cc(F)cc(Cl)c2o1. The molecule has 1 unspecified atom stereocenters. The number of nitrogens with zero attached hydrogens (tertiary/aromatic N) is 1. The highest BCUT2D eigenvalue weighted by atomic mass is 35.5. The van der Waals surface area contributed by atoms with E-state index >= 15 is 0 Å². The molecule has 0 N–H and O–H groups in total. The number of hydrogen-bond donors (Lipinski definition) is 0. The second-order valence-corrected chi connectivity index (χ2v) is 3.97. The van der Waals surface area contributed by atoms with Crippen molar-refractivity contribution < 1.29 is 8.81 Å². The highest BCUT2D eigenvalue weighted by molar-refractivity contribution is 6.34. The van der Waals surface area contributed by atoms with Gasteiger partial charge in [-0.25, -0.2) is 9.37 Å². The maximum absolute atomic E-state index is 12.9. The van der Waals surface area contributed by atoms with Crippen LogP contribution in [-0.2, 0) is 0 Å². The van der Waals surface area contributed by atoms with Crippen LogP contribution < -0.4 is 0 Å². The molecule has 2 rings (SSSR count). The van der Waals surface area contributed by atoms with Gasteiger partial charge in [0.1, 0.15) is 16.7 Å². The fourth-order valence-electron chi connectivity index (χ4n) is 1.15. The minimum atomic E-state index is -0.440. The van der Waals surface area contributed by atoms with Crippen molar-refractivity contribution in [3.63, 3.8) is 0 Å². The van der Waals surface area contributed by atoms with E-state index in [-0.39, 0.29) is 10.4 Å². The summed E-state index contributed by atoms with van der Waals surface area (Å²) >= 11 is 11.5. The molecule has 1 aromatic carbocycles. The molecule has 0 aliphatic heterocycles. The average molecular weight is 234 g/mol. The number of aromatic nitrogens is 1. The summed E-state index contributed by atoms with van der Waals surface area (Å²) in [7, 11) is 0. The summed E-state index contributed by atoms with van der Waals surface area (Å²) in [4.78, 5) is 4.01. The highest BCUT2D eigenvalue weighted by Crippen LogP contribution is 2.29. The number of fused-ring (bicyclic) bond motifs is 1. The van der Waals surface area contributed by atoms with Crippen molar-refractivity contribution in [1.82, 2.24) is 4.98 Å². The Balaban J connectivity index is 2.70. The molecule has 14 heavy (non-hydrogen) atoms. The standard InChI is InChI=1S/C9H6Cl2FNO/c1-4(10)9-13-7-3-5(12)2-6(11)8(7)14-9/h2-4H,1H3. The van der Waals surface area contributed by atoms with E-state index in [1.165, 1.54) is 12.1 Å². The van der Waals surface area contributed by atoms with Crippen molar-refractivity contribution in [2.75, 3.05) is 0 Å². The third-order valence-electron chi connectivity index (χ3n) is 1.77. The minimum Gasteiger partial charge on any atom is -0.437 e. The predicted molar refractivity (Wildman–Crippen MR) is 53.2 cm³/mol. The van der Waals surface area contributed by atoms with Gasteiger partial charge in [-0.2, -0.15) is 0 Å². The zero-order valence-corrected chi connectivity index (χ0v) is 8.73. The largest absolute Gasteiger partial charge is 0.437 e. The molecule has 0 aliphatic rings. The molecule has 74 valence electrons. The lowest BCUT2D eigenvalue weighted by Gasteiger charge is -1.92. The Morgan fingerprint density at radius 3 is 2.86 bits per heavy atom. The molecule has 1 atom stereocenters. The normalized spacial score (nSPS) is 13.4. The lowest BCUT2D eigenvalue weighted by molar-refractivity contribution is 0.531. The number of benzene rings is 1. The summed E-state index contributed by atoms with van der Waals surface area (Å²) in [6, 6.07) is 2.44. The third-order valence-corrected chi connectivity index (χ3v) is 2.23. The van der Waals surface area contributed by atoms with E-state index in [9.17, 15) is 4.39 Å². The van der Waals surface area contributed by atoms with Crippen LogP contribution in [0.4, 0.5) is 4.39 Å². The van der Waals surface area contributed by atoms with Gasteiger partial charge in [-0.05, 0) is 13.0 Å². The lowest BCUT2D eigenvalue weighted by Crippen LogP contribution is -1.81. The van der Waals surface area contributed by atoms with E-state index < -0.39 is 5.82 Å². The van der Waals surface area contributed by atoms with Crippen LogP contribution in [0, 0.1) is 5.82 Å². The molecule has 0 spiro atoms. The summed E-state index contributed by atoms with van der Waals surface area (Å²) in [6.45, 7) is 1.72. The maximum Gasteiger partial charge on any atom is 0.213 e. The third kappa shape index (κ3) is 1.57. The minimum absolute atomic E-state index is 0.205. The summed E-state index contributed by atoms with van der Waals surface area (Å²) < 4.78 is 18.2. The second-order valence-electron chi connectivity index (χ2n) is 2.90. The van der Waals surface area contributed by atoms with Gasteiger partial charge in [0.25, 0.3) is 0 Å². The fraction of sp³-hybridized carbons (Fsp3) is 0.222. The van der Waals surface area contributed by atoms with E-state index in [0.29, 0.717) is 17.0 Å². The fourth-order valence-corrected chi connectivity index (χ4v) is 1.48. The number of oxazole rings is 1. The van der Waals surface area contributed by atoms with E-state index in [1.807, 2.05) is 0 Å². The van der Waals surface area contributed by atoms with Crippen molar-refractivity contribution in [3.05, 3.63) is 28.9 Å². The summed E-state index contributed by atoms with van der Waals surface area (Å²) in [5, 5.41) is -0.155.